The zero-order chi connectivity index (χ0) is 32.7. The van der Waals surface area contributed by atoms with E-state index in [1.807, 2.05) is 24.3 Å². The number of phenolic OH excluding ortho intramolecular Hbond substituents is 2. The summed E-state index contributed by atoms with van der Waals surface area (Å²) in [6.45, 7) is 19.2. The van der Waals surface area contributed by atoms with Crippen LogP contribution in [0.15, 0.2) is 84.9 Å². The first-order chi connectivity index (χ1) is 20.6. The molecule has 4 aromatic carbocycles. The second-order valence-electron chi connectivity index (χ2n) is 13.4. The Morgan fingerprint density at radius 2 is 1.02 bits per heavy atom. The maximum Gasteiger partial charge on any atom is 0.519 e. The SMILES string of the molecule is CCCC(c1cc(C(C)(C)C)c(O)cc1C)c1cc(C(C)(C)C)c(O)cc1C.O=C(Oc1ccccc1)Oc1ccccc1. The quantitative estimate of drug-likeness (QED) is 0.171. The number of aromatic hydroxyl groups is 2. The van der Waals surface area contributed by atoms with Crippen LogP contribution in [0.4, 0.5) is 4.79 Å². The van der Waals surface area contributed by atoms with E-state index in [0.29, 0.717) is 23.0 Å². The number of benzene rings is 4. The van der Waals surface area contributed by atoms with Crippen molar-refractivity contribution >= 4 is 6.16 Å². The molecule has 0 fully saturated rings. The molecule has 0 aliphatic rings. The lowest BCUT2D eigenvalue weighted by Crippen LogP contribution is -2.16. The van der Waals surface area contributed by atoms with E-state index in [-0.39, 0.29) is 16.7 Å². The molecule has 0 atom stereocenters. The second kappa shape index (κ2) is 14.5. The molecule has 5 heteroatoms. The fourth-order valence-corrected chi connectivity index (χ4v) is 5.33. The third kappa shape index (κ3) is 9.12. The summed E-state index contributed by atoms with van der Waals surface area (Å²) in [5.41, 5.74) is 6.52. The monoisotopic (exact) mass is 596 g/mol. The average molecular weight is 597 g/mol. The molecule has 0 spiro atoms. The summed E-state index contributed by atoms with van der Waals surface area (Å²) in [5.74, 6) is 1.92. The van der Waals surface area contributed by atoms with Gasteiger partial charge < -0.3 is 19.7 Å². The van der Waals surface area contributed by atoms with Crippen molar-refractivity contribution < 1.29 is 24.5 Å². The molecule has 0 heterocycles. The number of hydrogen-bond acceptors (Lipinski definition) is 5. The molecule has 0 unspecified atom stereocenters. The van der Waals surface area contributed by atoms with Crippen molar-refractivity contribution in [2.24, 2.45) is 0 Å². The number of carbonyl (C=O) groups excluding carboxylic acids is 1. The van der Waals surface area contributed by atoms with Crippen molar-refractivity contribution in [2.75, 3.05) is 0 Å². The highest BCUT2D eigenvalue weighted by molar-refractivity contribution is 5.67. The molecule has 5 nitrogen and oxygen atoms in total. The normalized spacial score (nSPS) is 11.5. The molecule has 0 saturated carbocycles. The smallest absolute Gasteiger partial charge is 0.508 e. The lowest BCUT2D eigenvalue weighted by molar-refractivity contribution is 0.152. The molecule has 0 radical (unpaired) electrons. The lowest BCUT2D eigenvalue weighted by atomic mass is 9.76. The minimum absolute atomic E-state index is 0.121. The Morgan fingerprint density at radius 1 is 0.659 bits per heavy atom. The van der Waals surface area contributed by atoms with Gasteiger partial charge in [-0.2, -0.15) is 0 Å². The molecule has 0 aromatic heterocycles. The molecule has 44 heavy (non-hydrogen) atoms. The number of para-hydroxylation sites is 2. The maximum atomic E-state index is 11.3. The van der Waals surface area contributed by atoms with E-state index in [2.05, 4.69) is 74.4 Å². The standard InChI is InChI=1S/C26H38O2.C13H10O3/c1-10-11-18(19-14-21(25(4,5)6)23(27)12-16(19)2)20-15-22(26(7,8)9)24(28)13-17(20)3;14-13(15-11-7-3-1-4-8-11)16-12-9-5-2-6-10-12/h12-15,18,27-28H,10-11H2,1-9H3;1-10H. The van der Waals surface area contributed by atoms with Gasteiger partial charge in [0.15, 0.2) is 0 Å². The number of carbonyl (C=O) groups is 1. The van der Waals surface area contributed by atoms with Crippen LogP contribution in [0.2, 0.25) is 0 Å². The first-order valence-electron chi connectivity index (χ1n) is 15.3. The van der Waals surface area contributed by atoms with Crippen molar-refractivity contribution in [1.29, 1.82) is 0 Å². The average Bonchev–Trinajstić information content (AvgIpc) is 2.92. The predicted molar refractivity (Wildman–Crippen MR) is 179 cm³/mol. The summed E-state index contributed by atoms with van der Waals surface area (Å²) < 4.78 is 9.91. The Balaban J connectivity index is 0.000000278. The number of aryl methyl sites for hydroxylation is 2. The van der Waals surface area contributed by atoms with E-state index < -0.39 is 6.16 Å². The van der Waals surface area contributed by atoms with E-state index >= 15 is 0 Å². The fraction of sp³-hybridized carbons (Fsp3) is 0.359. The highest BCUT2D eigenvalue weighted by atomic mass is 16.7. The molecular formula is C39H48O5. The summed E-state index contributed by atoms with van der Waals surface area (Å²) in [7, 11) is 0. The fourth-order valence-electron chi connectivity index (χ4n) is 5.33. The predicted octanol–water partition coefficient (Wildman–Crippen LogP) is 10.5. The van der Waals surface area contributed by atoms with Crippen LogP contribution in [-0.2, 0) is 10.8 Å². The minimum atomic E-state index is -0.739. The molecule has 4 aromatic rings. The van der Waals surface area contributed by atoms with Crippen LogP contribution in [0.5, 0.6) is 23.0 Å². The van der Waals surface area contributed by atoms with E-state index in [1.165, 1.54) is 11.1 Å². The van der Waals surface area contributed by atoms with Crippen molar-refractivity contribution in [1.82, 2.24) is 0 Å². The molecule has 0 saturated heterocycles. The first-order valence-corrected chi connectivity index (χ1v) is 15.3. The molecule has 0 bridgehead atoms. The van der Waals surface area contributed by atoms with Gasteiger partial charge >= 0.3 is 6.16 Å². The Labute approximate surface area is 263 Å². The summed E-state index contributed by atoms with van der Waals surface area (Å²) in [4.78, 5) is 11.3. The van der Waals surface area contributed by atoms with Gasteiger partial charge in [0.2, 0.25) is 0 Å². The maximum absolute atomic E-state index is 11.3. The van der Waals surface area contributed by atoms with Gasteiger partial charge in [-0.25, -0.2) is 4.79 Å². The van der Waals surface area contributed by atoms with Gasteiger partial charge in [0.25, 0.3) is 0 Å². The Hall–Kier alpha value is -4.25. The topological polar surface area (TPSA) is 76.0 Å². The Kier molecular flexibility index (Phi) is 11.3. The van der Waals surface area contributed by atoms with E-state index in [4.69, 9.17) is 9.47 Å². The van der Waals surface area contributed by atoms with E-state index in [9.17, 15) is 15.0 Å². The zero-order valence-electron chi connectivity index (χ0n) is 27.7. The van der Waals surface area contributed by atoms with Gasteiger partial charge in [-0.05, 0) is 101 Å². The molecule has 234 valence electrons. The van der Waals surface area contributed by atoms with Gasteiger partial charge in [0.1, 0.15) is 23.0 Å². The number of ether oxygens (including phenoxy) is 2. The molecule has 0 aliphatic heterocycles. The molecule has 0 amide bonds. The van der Waals surface area contributed by atoms with Crippen molar-refractivity contribution in [2.45, 2.75) is 91.9 Å². The van der Waals surface area contributed by atoms with Crippen LogP contribution in [0.1, 0.15) is 101 Å². The zero-order valence-corrected chi connectivity index (χ0v) is 27.7. The highest BCUT2D eigenvalue weighted by Gasteiger charge is 2.26. The van der Waals surface area contributed by atoms with Crippen LogP contribution in [0, 0.1) is 13.8 Å². The summed E-state index contributed by atoms with van der Waals surface area (Å²) in [6, 6.07) is 25.8. The Bertz CT molecular complexity index is 1410. The Morgan fingerprint density at radius 3 is 1.34 bits per heavy atom. The highest BCUT2D eigenvalue weighted by Crippen LogP contribution is 2.42. The van der Waals surface area contributed by atoms with E-state index in [0.717, 1.165) is 35.1 Å². The van der Waals surface area contributed by atoms with Crippen LogP contribution in [-0.4, -0.2) is 16.4 Å². The number of rotatable bonds is 6. The summed E-state index contributed by atoms with van der Waals surface area (Å²) in [5, 5.41) is 21.1. The molecule has 4 rings (SSSR count). The van der Waals surface area contributed by atoms with Gasteiger partial charge in [-0.1, -0.05) is 103 Å². The largest absolute Gasteiger partial charge is 0.519 e. The third-order valence-corrected chi connectivity index (χ3v) is 7.60. The van der Waals surface area contributed by atoms with Gasteiger partial charge in [0, 0.05) is 5.92 Å². The number of hydrogen-bond donors (Lipinski definition) is 2. The van der Waals surface area contributed by atoms with Crippen molar-refractivity contribution in [3.63, 3.8) is 0 Å². The van der Waals surface area contributed by atoms with Crippen LogP contribution < -0.4 is 9.47 Å². The lowest BCUT2D eigenvalue weighted by Gasteiger charge is -2.29. The van der Waals surface area contributed by atoms with E-state index in [1.54, 1.807) is 48.5 Å². The van der Waals surface area contributed by atoms with Gasteiger partial charge in [-0.15, -0.1) is 0 Å². The molecular weight excluding hydrogens is 548 g/mol. The summed E-state index contributed by atoms with van der Waals surface area (Å²) in [6.07, 6.45) is 1.36. The molecule has 2 N–H and O–H groups in total. The number of phenols is 2. The van der Waals surface area contributed by atoms with Crippen molar-refractivity contribution in [3.05, 3.63) is 118 Å². The van der Waals surface area contributed by atoms with Crippen molar-refractivity contribution in [3.8, 4) is 23.0 Å². The summed E-state index contributed by atoms with van der Waals surface area (Å²) >= 11 is 0. The van der Waals surface area contributed by atoms with Gasteiger partial charge in [0.05, 0.1) is 0 Å². The first kappa shape index (κ1) is 34.2. The second-order valence-corrected chi connectivity index (χ2v) is 13.4. The molecule has 0 aliphatic carbocycles. The van der Waals surface area contributed by atoms with Gasteiger partial charge in [-0.3, -0.25) is 0 Å². The van der Waals surface area contributed by atoms with Crippen LogP contribution >= 0.6 is 0 Å². The minimum Gasteiger partial charge on any atom is -0.508 e. The third-order valence-electron chi connectivity index (χ3n) is 7.60. The van der Waals surface area contributed by atoms with Crippen LogP contribution in [0.25, 0.3) is 0 Å². The van der Waals surface area contributed by atoms with Crippen LogP contribution in [0.3, 0.4) is 0 Å².